The van der Waals surface area contributed by atoms with Crippen molar-refractivity contribution in [3.8, 4) is 5.75 Å². The second-order valence-electron chi connectivity index (χ2n) is 11.6. The number of primary amides is 1. The number of halogens is 3. The van der Waals surface area contributed by atoms with E-state index in [1.165, 1.54) is 21.9 Å². The fourth-order valence-electron chi connectivity index (χ4n) is 6.53. The SMILES string of the molecule is CC1[C@H](O)[C@]2(CC[C@H](C)N3C[C@H]2n2cc(C(N)=O)c(=O)c(OCc4ccccc4)c2C3=O)ON1Cc1ccc(F)c(Cl)c1F. The largest absolute Gasteiger partial charge is 0.483 e. The summed E-state index contributed by atoms with van der Waals surface area (Å²) in [6.07, 6.45) is 0.771. The number of nitrogens with zero attached hydrogens (tertiary/aromatic N) is 3. The Bertz CT molecular complexity index is 1700. The molecule has 10 nitrogen and oxygen atoms in total. The van der Waals surface area contributed by atoms with Crippen molar-refractivity contribution in [1.29, 1.82) is 0 Å². The van der Waals surface area contributed by atoms with Gasteiger partial charge in [0.25, 0.3) is 11.8 Å². The number of hydrogen-bond donors (Lipinski definition) is 2. The van der Waals surface area contributed by atoms with Crippen molar-refractivity contribution in [1.82, 2.24) is 14.5 Å². The van der Waals surface area contributed by atoms with Crippen LogP contribution in [-0.4, -0.2) is 61.8 Å². The first kappa shape index (κ1) is 30.2. The van der Waals surface area contributed by atoms with Crippen LogP contribution in [0.3, 0.4) is 0 Å². The molecule has 232 valence electrons. The van der Waals surface area contributed by atoms with E-state index in [9.17, 15) is 28.3 Å². The molecule has 0 aliphatic carbocycles. The van der Waals surface area contributed by atoms with E-state index in [0.29, 0.717) is 6.42 Å². The van der Waals surface area contributed by atoms with Gasteiger partial charge in [-0.2, -0.15) is 5.06 Å². The van der Waals surface area contributed by atoms with E-state index in [-0.39, 0.29) is 54.7 Å². The highest BCUT2D eigenvalue weighted by Crippen LogP contribution is 2.49. The van der Waals surface area contributed by atoms with Crippen molar-refractivity contribution in [2.45, 2.75) is 69.7 Å². The molecule has 2 bridgehead atoms. The molecule has 5 atom stereocenters. The molecule has 0 saturated carbocycles. The van der Waals surface area contributed by atoms with Crippen LogP contribution >= 0.6 is 11.6 Å². The minimum absolute atomic E-state index is 0.0559. The molecule has 2 fully saturated rings. The van der Waals surface area contributed by atoms with Gasteiger partial charge in [-0.1, -0.05) is 48.0 Å². The summed E-state index contributed by atoms with van der Waals surface area (Å²) in [4.78, 5) is 48.1. The predicted octanol–water partition coefficient (Wildman–Crippen LogP) is 3.57. The van der Waals surface area contributed by atoms with Crippen LogP contribution in [0.15, 0.2) is 53.5 Å². The zero-order chi connectivity index (χ0) is 31.5. The van der Waals surface area contributed by atoms with Crippen molar-refractivity contribution in [3.63, 3.8) is 0 Å². The highest BCUT2D eigenvalue weighted by atomic mass is 35.5. The number of pyridine rings is 1. The average Bonchev–Trinajstić information content (AvgIpc) is 3.16. The van der Waals surface area contributed by atoms with Crippen LogP contribution in [-0.2, 0) is 18.0 Å². The van der Waals surface area contributed by atoms with Gasteiger partial charge in [0.15, 0.2) is 11.4 Å². The topological polar surface area (TPSA) is 127 Å². The number of hydroxylamine groups is 2. The number of amides is 2. The fraction of sp³-hybridized carbons (Fsp3) is 0.387. The fourth-order valence-corrected chi connectivity index (χ4v) is 6.71. The van der Waals surface area contributed by atoms with Gasteiger partial charge in [0.2, 0.25) is 5.43 Å². The minimum atomic E-state index is -1.38. The number of hydrogen-bond acceptors (Lipinski definition) is 7. The van der Waals surface area contributed by atoms with Crippen molar-refractivity contribution < 1.29 is 33.1 Å². The van der Waals surface area contributed by atoms with Crippen molar-refractivity contribution >= 4 is 23.4 Å². The first-order valence-electron chi connectivity index (χ1n) is 14.3. The molecule has 1 aromatic heterocycles. The summed E-state index contributed by atoms with van der Waals surface area (Å²) in [5.41, 5.74) is 3.74. The summed E-state index contributed by atoms with van der Waals surface area (Å²) < 4.78 is 36.2. The Hall–Kier alpha value is -3.84. The van der Waals surface area contributed by atoms with Gasteiger partial charge in [-0.3, -0.25) is 19.2 Å². The normalized spacial score (nSPS) is 26.5. The third-order valence-electron chi connectivity index (χ3n) is 9.04. The molecular weight excluding hydrogens is 598 g/mol. The van der Waals surface area contributed by atoms with Gasteiger partial charge in [0.05, 0.1) is 18.6 Å². The van der Waals surface area contributed by atoms with Crippen LogP contribution in [0.5, 0.6) is 5.75 Å². The maximum atomic E-state index is 14.9. The number of aliphatic hydroxyl groups is 1. The number of carbonyl (C=O) groups excluding carboxylic acids is 2. The summed E-state index contributed by atoms with van der Waals surface area (Å²) in [5, 5.41) is 12.6. The Labute approximate surface area is 256 Å². The molecular formula is C31H31ClF2N4O6. The third kappa shape index (κ3) is 4.76. The Kier molecular flexibility index (Phi) is 7.73. The second-order valence-corrected chi connectivity index (χ2v) is 12.0. The summed E-state index contributed by atoms with van der Waals surface area (Å²) in [5.74, 6) is -3.63. The van der Waals surface area contributed by atoms with E-state index >= 15 is 0 Å². The van der Waals surface area contributed by atoms with Crippen LogP contribution in [0, 0.1) is 11.6 Å². The number of aromatic nitrogens is 1. The van der Waals surface area contributed by atoms with E-state index in [0.717, 1.165) is 11.6 Å². The smallest absolute Gasteiger partial charge is 0.274 e. The molecule has 0 radical (unpaired) electrons. The Balaban J connectivity index is 1.47. The Morgan fingerprint density at radius 1 is 1.18 bits per heavy atom. The van der Waals surface area contributed by atoms with Crippen LogP contribution in [0.25, 0.3) is 0 Å². The summed E-state index contributed by atoms with van der Waals surface area (Å²) in [7, 11) is 0. The summed E-state index contributed by atoms with van der Waals surface area (Å²) in [6.45, 7) is 3.44. The molecule has 3 N–H and O–H groups in total. The Morgan fingerprint density at radius 2 is 1.91 bits per heavy atom. The maximum absolute atomic E-state index is 14.9. The quantitative estimate of drug-likeness (QED) is 0.400. The van der Waals surface area contributed by atoms with E-state index in [4.69, 9.17) is 26.9 Å². The molecule has 3 aromatic rings. The van der Waals surface area contributed by atoms with E-state index in [1.807, 2.05) is 13.0 Å². The van der Waals surface area contributed by atoms with Gasteiger partial charge in [-0.25, -0.2) is 8.78 Å². The number of carbonyl (C=O) groups is 2. The zero-order valence-corrected chi connectivity index (χ0v) is 24.8. The number of ether oxygens (including phenoxy) is 1. The predicted molar refractivity (Wildman–Crippen MR) is 155 cm³/mol. The molecule has 3 aliphatic rings. The highest BCUT2D eigenvalue weighted by molar-refractivity contribution is 6.30. The molecule has 6 rings (SSSR count). The van der Waals surface area contributed by atoms with Crippen molar-refractivity contribution in [2.75, 3.05) is 6.54 Å². The van der Waals surface area contributed by atoms with Gasteiger partial charge in [-0.15, -0.1) is 0 Å². The molecule has 1 spiro atoms. The second kappa shape index (κ2) is 11.3. The lowest BCUT2D eigenvalue weighted by Crippen LogP contribution is -2.56. The third-order valence-corrected chi connectivity index (χ3v) is 9.39. The summed E-state index contributed by atoms with van der Waals surface area (Å²) >= 11 is 5.81. The highest BCUT2D eigenvalue weighted by Gasteiger charge is 2.61. The first-order chi connectivity index (χ1) is 20.9. The van der Waals surface area contributed by atoms with Crippen LogP contribution in [0.1, 0.15) is 64.7 Å². The van der Waals surface area contributed by atoms with Gasteiger partial charge >= 0.3 is 0 Å². The maximum Gasteiger partial charge on any atom is 0.274 e. The van der Waals surface area contributed by atoms with Gasteiger partial charge in [-0.05, 0) is 38.3 Å². The van der Waals surface area contributed by atoms with E-state index < -0.39 is 57.7 Å². The molecule has 2 amide bonds. The lowest BCUT2D eigenvalue weighted by Gasteiger charge is -2.44. The molecule has 1 unspecified atom stereocenters. The zero-order valence-electron chi connectivity index (χ0n) is 24.0. The Morgan fingerprint density at radius 3 is 2.61 bits per heavy atom. The van der Waals surface area contributed by atoms with Gasteiger partial charge in [0, 0.05) is 24.3 Å². The molecule has 13 heteroatoms. The monoisotopic (exact) mass is 628 g/mol. The van der Waals surface area contributed by atoms with Gasteiger partial charge in [0.1, 0.15) is 40.5 Å². The first-order valence-corrected chi connectivity index (χ1v) is 14.6. The number of aliphatic hydroxyl groups excluding tert-OH is 1. The standard InChI is InChI=1S/C31H31ClF2N4O6/c1-16-10-11-31(28(40)17(2)38(44-31)12-19-8-9-21(33)23(32)24(19)34)22-14-36(16)30(42)25-27(43-15-18-6-4-3-5-7-18)26(39)20(29(35)41)13-37(22)25/h3-9,13,16-17,22,28,40H,10-12,14-15H2,1-2H3,(H2,35,41)/t16-,17?,22+,28-,31+/m0/s1. The van der Waals surface area contributed by atoms with E-state index in [1.54, 1.807) is 36.1 Å². The molecule has 4 heterocycles. The number of fused-ring (bicyclic) bond motifs is 5. The molecule has 44 heavy (non-hydrogen) atoms. The van der Waals surface area contributed by atoms with Crippen LogP contribution in [0.4, 0.5) is 8.78 Å². The molecule has 2 saturated heterocycles. The molecule has 3 aliphatic heterocycles. The number of nitrogens with two attached hydrogens (primary N) is 1. The number of rotatable bonds is 6. The van der Waals surface area contributed by atoms with E-state index in [2.05, 4.69) is 0 Å². The van der Waals surface area contributed by atoms with Crippen molar-refractivity contribution in [3.05, 3.63) is 97.9 Å². The average molecular weight is 629 g/mol. The van der Waals surface area contributed by atoms with Crippen LogP contribution < -0.4 is 15.9 Å². The lowest BCUT2D eigenvalue weighted by molar-refractivity contribution is -0.232. The summed E-state index contributed by atoms with van der Waals surface area (Å²) in [6, 6.07) is 9.54. The minimum Gasteiger partial charge on any atom is -0.483 e. The van der Waals surface area contributed by atoms with Crippen molar-refractivity contribution in [2.24, 2.45) is 5.73 Å². The lowest BCUT2D eigenvalue weighted by atomic mass is 9.81. The number of benzene rings is 2. The van der Waals surface area contributed by atoms with Crippen LogP contribution in [0.2, 0.25) is 5.02 Å². The molecule has 2 aromatic carbocycles. The van der Waals surface area contributed by atoms with Gasteiger partial charge < -0.3 is 25.0 Å².